The van der Waals surface area contributed by atoms with Crippen molar-refractivity contribution in [2.45, 2.75) is 37.6 Å². The van der Waals surface area contributed by atoms with Crippen LogP contribution in [0, 0.1) is 0 Å². The molecule has 0 amide bonds. The lowest BCUT2D eigenvalue weighted by Crippen LogP contribution is -2.26. The predicted molar refractivity (Wildman–Crippen MR) is 74.0 cm³/mol. The minimum Gasteiger partial charge on any atom is -0.345 e. The van der Waals surface area contributed by atoms with Gasteiger partial charge in [-0.25, -0.2) is 9.97 Å². The maximum Gasteiger partial charge on any atom is 0.156 e. The molecule has 3 heterocycles. The maximum absolute atomic E-state index is 6.00. The number of H-pyrrole nitrogens is 1. The lowest BCUT2D eigenvalue weighted by atomic mass is 9.84. The van der Waals surface area contributed by atoms with Crippen LogP contribution in [0.5, 0.6) is 0 Å². The summed E-state index contributed by atoms with van der Waals surface area (Å²) in [5.74, 6) is 0.565. The lowest BCUT2D eigenvalue weighted by molar-refractivity contribution is 0.390. The van der Waals surface area contributed by atoms with Crippen LogP contribution in [-0.4, -0.2) is 25.4 Å². The van der Waals surface area contributed by atoms with Crippen molar-refractivity contribution in [2.75, 3.05) is 0 Å². The van der Waals surface area contributed by atoms with Crippen molar-refractivity contribution < 1.29 is 0 Å². The van der Waals surface area contributed by atoms with Gasteiger partial charge in [0.15, 0.2) is 11.3 Å². The summed E-state index contributed by atoms with van der Waals surface area (Å²) in [6.45, 7) is 0. The number of imidazole rings is 1. The molecule has 1 aliphatic carbocycles. The number of hydrogen-bond donors (Lipinski definition) is 2. The van der Waals surface area contributed by atoms with E-state index in [1.54, 1.807) is 0 Å². The molecule has 0 aromatic carbocycles. The van der Waals surface area contributed by atoms with E-state index in [0.717, 1.165) is 42.5 Å². The molecule has 5 nitrogen and oxygen atoms in total. The van der Waals surface area contributed by atoms with E-state index in [1.807, 2.05) is 18.6 Å². The number of hydrogen-bond acceptors (Lipinski definition) is 3. The van der Waals surface area contributed by atoms with E-state index in [-0.39, 0.29) is 0 Å². The molecular weight excluding hydrogens is 238 g/mol. The van der Waals surface area contributed by atoms with Gasteiger partial charge >= 0.3 is 0 Å². The van der Waals surface area contributed by atoms with Gasteiger partial charge in [-0.3, -0.25) is 4.40 Å². The highest BCUT2D eigenvalue weighted by molar-refractivity contribution is 5.74. The summed E-state index contributed by atoms with van der Waals surface area (Å²) in [5, 5.41) is 0. The number of aromatic nitrogens is 4. The topological polar surface area (TPSA) is 72.0 Å². The Morgan fingerprint density at radius 2 is 2.00 bits per heavy atom. The van der Waals surface area contributed by atoms with Crippen LogP contribution >= 0.6 is 0 Å². The fourth-order valence-electron chi connectivity index (χ4n) is 3.20. The van der Waals surface area contributed by atoms with E-state index in [4.69, 9.17) is 5.73 Å². The van der Waals surface area contributed by atoms with Crippen molar-refractivity contribution in [3.8, 4) is 0 Å². The molecule has 98 valence electrons. The summed E-state index contributed by atoms with van der Waals surface area (Å²) in [6.07, 6.45) is 10.3. The van der Waals surface area contributed by atoms with E-state index < -0.39 is 0 Å². The molecule has 0 radical (unpaired) electrons. The van der Waals surface area contributed by atoms with Crippen LogP contribution in [0.15, 0.2) is 24.7 Å². The largest absolute Gasteiger partial charge is 0.345 e. The van der Waals surface area contributed by atoms with E-state index >= 15 is 0 Å². The molecule has 1 saturated carbocycles. The van der Waals surface area contributed by atoms with Gasteiger partial charge in [-0.1, -0.05) is 0 Å². The molecule has 3 N–H and O–H groups in total. The third-order valence-electron chi connectivity index (χ3n) is 4.26. The van der Waals surface area contributed by atoms with Gasteiger partial charge in [-0.15, -0.1) is 0 Å². The summed E-state index contributed by atoms with van der Waals surface area (Å²) in [7, 11) is 0. The highest BCUT2D eigenvalue weighted by Crippen LogP contribution is 2.33. The van der Waals surface area contributed by atoms with Crippen molar-refractivity contribution in [3.63, 3.8) is 0 Å². The van der Waals surface area contributed by atoms with Crippen molar-refractivity contribution in [1.29, 1.82) is 0 Å². The molecule has 1 aliphatic rings. The second kappa shape index (κ2) is 4.06. The number of nitrogens with one attached hydrogen (secondary N) is 1. The quantitative estimate of drug-likeness (QED) is 0.700. The third kappa shape index (κ3) is 1.65. The van der Waals surface area contributed by atoms with Gasteiger partial charge in [0.2, 0.25) is 0 Å². The zero-order chi connectivity index (χ0) is 12.8. The van der Waals surface area contributed by atoms with Crippen LogP contribution in [0.1, 0.15) is 37.3 Å². The average molecular weight is 255 g/mol. The number of nitrogens with zero attached hydrogens (tertiary/aromatic N) is 3. The van der Waals surface area contributed by atoms with Crippen LogP contribution in [-0.2, 0) is 0 Å². The number of fused-ring (bicyclic) bond motifs is 3. The smallest absolute Gasteiger partial charge is 0.156 e. The summed E-state index contributed by atoms with van der Waals surface area (Å²) in [6, 6.07) is 2.44. The van der Waals surface area contributed by atoms with Crippen LogP contribution in [0.25, 0.3) is 16.8 Å². The molecule has 1 fully saturated rings. The number of rotatable bonds is 1. The van der Waals surface area contributed by atoms with Gasteiger partial charge in [0.25, 0.3) is 0 Å². The second-order valence-electron chi connectivity index (χ2n) is 5.46. The normalized spacial score (nSPS) is 24.3. The summed E-state index contributed by atoms with van der Waals surface area (Å²) in [5.41, 5.74) is 10.3. The number of nitrogens with two attached hydrogens (primary N) is 1. The lowest BCUT2D eigenvalue weighted by Gasteiger charge is -2.25. The van der Waals surface area contributed by atoms with E-state index in [0.29, 0.717) is 12.0 Å². The fourth-order valence-corrected chi connectivity index (χ4v) is 3.20. The highest BCUT2D eigenvalue weighted by Gasteiger charge is 2.23. The second-order valence-corrected chi connectivity index (χ2v) is 5.46. The summed E-state index contributed by atoms with van der Waals surface area (Å²) in [4.78, 5) is 12.0. The molecule has 0 aliphatic heterocycles. The van der Waals surface area contributed by atoms with Gasteiger partial charge < -0.3 is 10.7 Å². The maximum atomic E-state index is 6.00. The van der Waals surface area contributed by atoms with E-state index in [1.165, 1.54) is 5.69 Å². The van der Waals surface area contributed by atoms with Gasteiger partial charge in [-0.2, -0.15) is 0 Å². The first-order valence-electron chi connectivity index (χ1n) is 6.88. The molecule has 0 saturated heterocycles. The monoisotopic (exact) mass is 255 g/mol. The van der Waals surface area contributed by atoms with Crippen molar-refractivity contribution in [3.05, 3.63) is 30.4 Å². The Hall–Kier alpha value is -1.88. The first-order chi connectivity index (χ1) is 9.33. The van der Waals surface area contributed by atoms with E-state index in [9.17, 15) is 0 Å². The Morgan fingerprint density at radius 3 is 2.84 bits per heavy atom. The first kappa shape index (κ1) is 11.0. The number of aromatic amines is 1. The fraction of sp³-hybridized carbons (Fsp3) is 0.429. The minimum atomic E-state index is 0.379. The highest BCUT2D eigenvalue weighted by atomic mass is 15.1. The third-order valence-corrected chi connectivity index (χ3v) is 4.26. The van der Waals surface area contributed by atoms with Crippen molar-refractivity contribution in [2.24, 2.45) is 5.73 Å². The zero-order valence-electron chi connectivity index (χ0n) is 10.7. The van der Waals surface area contributed by atoms with E-state index in [2.05, 4.69) is 25.4 Å². The summed E-state index contributed by atoms with van der Waals surface area (Å²) >= 11 is 0. The van der Waals surface area contributed by atoms with Gasteiger partial charge in [0.05, 0.1) is 11.7 Å². The van der Waals surface area contributed by atoms with Crippen LogP contribution in [0.2, 0.25) is 0 Å². The molecule has 4 rings (SSSR count). The Labute approximate surface area is 110 Å². The molecule has 0 unspecified atom stereocenters. The van der Waals surface area contributed by atoms with Gasteiger partial charge in [0, 0.05) is 30.0 Å². The molecular formula is C14H17N5. The SMILES string of the molecule is NC1CCC(c2cnc3cnc4[nH]ccc4n23)CC1. The molecule has 3 aromatic heterocycles. The van der Waals surface area contributed by atoms with Crippen molar-refractivity contribution in [1.82, 2.24) is 19.4 Å². The van der Waals surface area contributed by atoms with Crippen LogP contribution in [0.4, 0.5) is 0 Å². The Morgan fingerprint density at radius 1 is 1.16 bits per heavy atom. The molecule has 0 atom stereocenters. The molecule has 0 spiro atoms. The van der Waals surface area contributed by atoms with Gasteiger partial charge in [-0.05, 0) is 31.7 Å². The van der Waals surface area contributed by atoms with Crippen LogP contribution < -0.4 is 5.73 Å². The molecule has 5 heteroatoms. The van der Waals surface area contributed by atoms with Crippen LogP contribution in [0.3, 0.4) is 0 Å². The molecule has 19 heavy (non-hydrogen) atoms. The Bertz CT molecular complexity index is 718. The Balaban J connectivity index is 1.87. The first-order valence-corrected chi connectivity index (χ1v) is 6.88. The minimum absolute atomic E-state index is 0.379. The van der Waals surface area contributed by atoms with Crippen molar-refractivity contribution >= 4 is 16.8 Å². The average Bonchev–Trinajstić information content (AvgIpc) is 3.04. The summed E-state index contributed by atoms with van der Waals surface area (Å²) < 4.78 is 2.24. The zero-order valence-corrected chi connectivity index (χ0v) is 10.7. The molecule has 3 aromatic rings. The molecule has 0 bridgehead atoms. The predicted octanol–water partition coefficient (Wildman–Crippen LogP) is 2.20. The van der Waals surface area contributed by atoms with Gasteiger partial charge in [0.1, 0.15) is 0 Å². The Kier molecular flexibility index (Phi) is 2.35. The standard InChI is InChI=1S/C14H17N5/c15-10-3-1-9(2-4-10)12-7-17-13-8-18-14-11(19(12)13)5-6-16-14/h5-10,16H,1-4,15H2.